The Morgan fingerprint density at radius 1 is 1.30 bits per heavy atom. The van der Waals surface area contributed by atoms with E-state index in [0.29, 0.717) is 6.61 Å². The molecular formula is C16H22N2O2. The molecule has 0 saturated carbocycles. The third kappa shape index (κ3) is 2.66. The number of nitrogens with zero attached hydrogens (tertiary/aromatic N) is 1. The van der Waals surface area contributed by atoms with Crippen molar-refractivity contribution >= 4 is 11.6 Å². The highest BCUT2D eigenvalue weighted by Gasteiger charge is 2.33. The van der Waals surface area contributed by atoms with Crippen molar-refractivity contribution in [2.45, 2.75) is 25.8 Å². The molecule has 1 fully saturated rings. The molecule has 2 atom stereocenters. The van der Waals surface area contributed by atoms with Crippen LogP contribution in [0, 0.1) is 5.92 Å². The fraction of sp³-hybridized carbons (Fsp3) is 0.562. The zero-order chi connectivity index (χ0) is 13.9. The molecule has 3 rings (SSSR count). The Balaban J connectivity index is 1.75. The van der Waals surface area contributed by atoms with Crippen molar-refractivity contribution < 1.29 is 9.53 Å². The molecule has 20 heavy (non-hydrogen) atoms. The van der Waals surface area contributed by atoms with E-state index in [9.17, 15) is 4.79 Å². The van der Waals surface area contributed by atoms with E-state index < -0.39 is 0 Å². The molecule has 0 spiro atoms. The summed E-state index contributed by atoms with van der Waals surface area (Å²) in [6, 6.07) is 8.46. The Bertz CT molecular complexity index is 481. The smallest absolute Gasteiger partial charge is 0.228 e. The number of carbonyl (C=O) groups is 1. The number of fused-ring (bicyclic) bond motifs is 1. The lowest BCUT2D eigenvalue weighted by Gasteiger charge is -2.34. The van der Waals surface area contributed by atoms with E-state index in [1.807, 2.05) is 17.0 Å². The normalized spacial score (nSPS) is 26.4. The number of amides is 1. The fourth-order valence-corrected chi connectivity index (χ4v) is 3.10. The number of hydrogen-bond acceptors (Lipinski definition) is 3. The van der Waals surface area contributed by atoms with E-state index in [-0.39, 0.29) is 17.9 Å². The maximum Gasteiger partial charge on any atom is 0.228 e. The predicted octanol–water partition coefficient (Wildman–Crippen LogP) is 1.91. The molecule has 2 heterocycles. The number of ether oxygens (including phenoxy) is 1. The van der Waals surface area contributed by atoms with E-state index in [2.05, 4.69) is 24.4 Å². The van der Waals surface area contributed by atoms with Crippen LogP contribution in [-0.4, -0.2) is 43.2 Å². The molecule has 4 heteroatoms. The van der Waals surface area contributed by atoms with E-state index in [1.54, 1.807) is 0 Å². The number of para-hydroxylation sites is 1. The molecule has 0 bridgehead atoms. The van der Waals surface area contributed by atoms with Crippen molar-refractivity contribution in [3.63, 3.8) is 0 Å². The summed E-state index contributed by atoms with van der Waals surface area (Å²) in [6.07, 6.45) is 1.78. The van der Waals surface area contributed by atoms with Crippen molar-refractivity contribution in [1.29, 1.82) is 0 Å². The summed E-state index contributed by atoms with van der Waals surface area (Å²) in [7, 11) is 0. The summed E-state index contributed by atoms with van der Waals surface area (Å²) in [5.41, 5.74) is 2.42. The number of carbonyl (C=O) groups excluding carboxylic acids is 1. The van der Waals surface area contributed by atoms with Gasteiger partial charge in [0, 0.05) is 31.4 Å². The van der Waals surface area contributed by atoms with Crippen LogP contribution >= 0.6 is 0 Å². The second-order valence-corrected chi connectivity index (χ2v) is 5.69. The number of hydrogen-bond donors (Lipinski definition) is 1. The van der Waals surface area contributed by atoms with Crippen LogP contribution < -0.4 is 5.32 Å². The molecule has 1 aromatic rings. The topological polar surface area (TPSA) is 41.6 Å². The average Bonchev–Trinajstić information content (AvgIpc) is 2.75. The monoisotopic (exact) mass is 274 g/mol. The quantitative estimate of drug-likeness (QED) is 0.850. The van der Waals surface area contributed by atoms with Gasteiger partial charge in [-0.05, 0) is 31.4 Å². The van der Waals surface area contributed by atoms with Crippen LogP contribution in [0.1, 0.15) is 18.9 Å². The van der Waals surface area contributed by atoms with Crippen LogP contribution in [0.25, 0.3) is 0 Å². The van der Waals surface area contributed by atoms with Gasteiger partial charge in [0.2, 0.25) is 5.91 Å². The summed E-state index contributed by atoms with van der Waals surface area (Å²) in [6.45, 7) is 5.09. The lowest BCUT2D eigenvalue weighted by molar-refractivity contribution is -0.136. The highest BCUT2D eigenvalue weighted by atomic mass is 16.5. The van der Waals surface area contributed by atoms with Gasteiger partial charge in [-0.3, -0.25) is 4.79 Å². The van der Waals surface area contributed by atoms with Gasteiger partial charge in [-0.15, -0.1) is 0 Å². The van der Waals surface area contributed by atoms with Crippen LogP contribution in [-0.2, 0) is 16.0 Å². The van der Waals surface area contributed by atoms with Gasteiger partial charge in [0.1, 0.15) is 0 Å². The first-order chi connectivity index (χ1) is 9.75. The molecule has 1 amide bonds. The minimum absolute atomic E-state index is 0.0306. The first kappa shape index (κ1) is 13.4. The van der Waals surface area contributed by atoms with Gasteiger partial charge in [0.05, 0.1) is 12.5 Å². The lowest BCUT2D eigenvalue weighted by Crippen LogP contribution is -2.46. The maximum atomic E-state index is 12.8. The Labute approximate surface area is 120 Å². The van der Waals surface area contributed by atoms with E-state index >= 15 is 0 Å². The molecule has 4 nitrogen and oxygen atoms in total. The molecule has 2 unspecified atom stereocenters. The van der Waals surface area contributed by atoms with E-state index in [0.717, 1.165) is 32.5 Å². The van der Waals surface area contributed by atoms with Crippen molar-refractivity contribution in [3.05, 3.63) is 29.8 Å². The van der Waals surface area contributed by atoms with Gasteiger partial charge < -0.3 is 15.0 Å². The number of anilines is 1. The van der Waals surface area contributed by atoms with E-state index in [1.165, 1.54) is 11.3 Å². The Kier molecular flexibility index (Phi) is 3.92. The SMILES string of the molecule is CC1Nc2ccccc2CC1C(=O)N1CCCOCC1. The summed E-state index contributed by atoms with van der Waals surface area (Å²) in [5, 5.41) is 3.47. The van der Waals surface area contributed by atoms with Gasteiger partial charge in [-0.25, -0.2) is 0 Å². The molecule has 2 aliphatic rings. The zero-order valence-corrected chi connectivity index (χ0v) is 12.0. The van der Waals surface area contributed by atoms with Crippen LogP contribution in [0.2, 0.25) is 0 Å². The average molecular weight is 274 g/mol. The van der Waals surface area contributed by atoms with Gasteiger partial charge in [0.25, 0.3) is 0 Å². The molecule has 0 aliphatic carbocycles. The minimum Gasteiger partial charge on any atom is -0.382 e. The summed E-state index contributed by atoms with van der Waals surface area (Å²) in [4.78, 5) is 14.7. The molecule has 0 radical (unpaired) electrons. The zero-order valence-electron chi connectivity index (χ0n) is 12.0. The first-order valence-corrected chi connectivity index (χ1v) is 7.46. The standard InChI is InChI=1S/C16H22N2O2/c1-12-14(11-13-5-2-3-6-15(13)17-12)16(19)18-7-4-9-20-10-8-18/h2-3,5-6,12,14,17H,4,7-11H2,1H3. The minimum atomic E-state index is 0.0306. The maximum absolute atomic E-state index is 12.8. The van der Waals surface area contributed by atoms with Crippen LogP contribution in [0.4, 0.5) is 5.69 Å². The van der Waals surface area contributed by atoms with Crippen LogP contribution in [0.5, 0.6) is 0 Å². The van der Waals surface area contributed by atoms with Crippen molar-refractivity contribution in [2.75, 3.05) is 31.6 Å². The Morgan fingerprint density at radius 3 is 3.05 bits per heavy atom. The summed E-state index contributed by atoms with van der Waals surface area (Å²) in [5.74, 6) is 0.299. The van der Waals surface area contributed by atoms with E-state index in [4.69, 9.17) is 4.74 Å². The summed E-state index contributed by atoms with van der Waals surface area (Å²) >= 11 is 0. The van der Waals surface area contributed by atoms with Crippen molar-refractivity contribution in [1.82, 2.24) is 4.90 Å². The van der Waals surface area contributed by atoms with Crippen molar-refractivity contribution in [2.24, 2.45) is 5.92 Å². The Hall–Kier alpha value is -1.55. The molecular weight excluding hydrogens is 252 g/mol. The molecule has 2 aliphatic heterocycles. The van der Waals surface area contributed by atoms with Crippen LogP contribution in [0.3, 0.4) is 0 Å². The number of nitrogens with one attached hydrogen (secondary N) is 1. The van der Waals surface area contributed by atoms with Gasteiger partial charge >= 0.3 is 0 Å². The lowest BCUT2D eigenvalue weighted by atomic mass is 9.87. The van der Waals surface area contributed by atoms with Gasteiger partial charge in [0.15, 0.2) is 0 Å². The third-order valence-electron chi connectivity index (χ3n) is 4.30. The third-order valence-corrected chi connectivity index (χ3v) is 4.30. The van der Waals surface area contributed by atoms with Gasteiger partial charge in [-0.2, -0.15) is 0 Å². The van der Waals surface area contributed by atoms with Crippen molar-refractivity contribution in [3.8, 4) is 0 Å². The molecule has 1 aromatic carbocycles. The van der Waals surface area contributed by atoms with Crippen LogP contribution in [0.15, 0.2) is 24.3 Å². The highest BCUT2D eigenvalue weighted by molar-refractivity contribution is 5.81. The largest absolute Gasteiger partial charge is 0.382 e. The number of benzene rings is 1. The second kappa shape index (κ2) is 5.83. The number of rotatable bonds is 1. The first-order valence-electron chi connectivity index (χ1n) is 7.46. The highest BCUT2D eigenvalue weighted by Crippen LogP contribution is 2.29. The molecule has 1 N–H and O–H groups in total. The molecule has 0 aromatic heterocycles. The molecule has 108 valence electrons. The van der Waals surface area contributed by atoms with Gasteiger partial charge in [-0.1, -0.05) is 18.2 Å². The fourth-order valence-electron chi connectivity index (χ4n) is 3.10. The second-order valence-electron chi connectivity index (χ2n) is 5.69. The summed E-state index contributed by atoms with van der Waals surface area (Å²) < 4.78 is 5.44. The Morgan fingerprint density at radius 2 is 2.15 bits per heavy atom. The predicted molar refractivity (Wildman–Crippen MR) is 78.7 cm³/mol. The molecule has 1 saturated heterocycles.